The highest BCUT2D eigenvalue weighted by atomic mass is 16.8. The monoisotopic (exact) mass is 450 g/mol. The van der Waals surface area contributed by atoms with Gasteiger partial charge in [-0.25, -0.2) is 4.79 Å². The number of ether oxygens (including phenoxy) is 3. The Bertz CT molecular complexity index is 572. The van der Waals surface area contributed by atoms with Crippen LogP contribution in [0.15, 0.2) is 24.3 Å². The van der Waals surface area contributed by atoms with Crippen LogP contribution in [0.25, 0.3) is 0 Å². The Kier molecular flexibility index (Phi) is 16.8. The number of hydrogen-bond donors (Lipinski definition) is 1. The predicted octanol–water partition coefficient (Wildman–Crippen LogP) is 7.97. The molecule has 1 aromatic rings. The molecule has 0 amide bonds. The number of carbonyl (C=O) groups is 1. The second-order valence-electron chi connectivity index (χ2n) is 8.52. The first-order chi connectivity index (χ1) is 15.6. The van der Waals surface area contributed by atoms with E-state index in [1.54, 1.807) is 12.1 Å². The van der Waals surface area contributed by atoms with Crippen LogP contribution >= 0.6 is 0 Å². The lowest BCUT2D eigenvalue weighted by Crippen LogP contribution is -2.28. The van der Waals surface area contributed by atoms with E-state index in [0.29, 0.717) is 18.8 Å². The molecule has 1 aromatic carbocycles. The van der Waals surface area contributed by atoms with Gasteiger partial charge in [-0.2, -0.15) is 0 Å². The van der Waals surface area contributed by atoms with E-state index >= 15 is 0 Å². The summed E-state index contributed by atoms with van der Waals surface area (Å²) in [5.41, 5.74) is 0.239. The van der Waals surface area contributed by atoms with Gasteiger partial charge in [0.15, 0.2) is 6.29 Å². The molecule has 0 saturated carbocycles. The minimum Gasteiger partial charge on any atom is -0.478 e. The van der Waals surface area contributed by atoms with Crippen LogP contribution in [0, 0.1) is 0 Å². The molecule has 5 nitrogen and oxygen atoms in total. The smallest absolute Gasteiger partial charge is 0.335 e. The summed E-state index contributed by atoms with van der Waals surface area (Å²) in [6.07, 6.45) is 16.7. The average molecular weight is 451 g/mol. The molecule has 0 radical (unpaired) electrons. The molecule has 2 unspecified atom stereocenters. The van der Waals surface area contributed by atoms with Crippen LogP contribution in [-0.2, 0) is 9.47 Å². The van der Waals surface area contributed by atoms with Crippen molar-refractivity contribution in [2.75, 3.05) is 6.61 Å². The van der Waals surface area contributed by atoms with E-state index in [1.165, 1.54) is 82.8 Å². The summed E-state index contributed by atoms with van der Waals surface area (Å²) in [7, 11) is 0. The normalized spacial score (nSPS) is 13.1. The number of carboxylic acids is 1. The second-order valence-corrected chi connectivity index (χ2v) is 8.52. The molecule has 1 N–H and O–H groups in total. The average Bonchev–Trinajstić information content (AvgIpc) is 2.80. The number of rotatable bonds is 21. The summed E-state index contributed by atoms with van der Waals surface area (Å²) in [5, 5.41) is 8.99. The Morgan fingerprint density at radius 1 is 0.750 bits per heavy atom. The molecule has 1 rings (SSSR count). The SMILES string of the molecule is CCCCCCCCCCCCCCOC(CC)OC(CC)Oc1ccc(C(=O)O)cc1. The van der Waals surface area contributed by atoms with Gasteiger partial charge >= 0.3 is 5.97 Å². The fraction of sp³-hybridized carbons (Fsp3) is 0.741. The van der Waals surface area contributed by atoms with Gasteiger partial charge in [0.2, 0.25) is 6.29 Å². The summed E-state index contributed by atoms with van der Waals surface area (Å²) >= 11 is 0. The maximum absolute atomic E-state index is 11.0. The zero-order chi connectivity index (χ0) is 23.4. The van der Waals surface area contributed by atoms with Crippen LogP contribution < -0.4 is 4.74 Å². The lowest BCUT2D eigenvalue weighted by atomic mass is 10.1. The molecular formula is C27H46O5. The summed E-state index contributed by atoms with van der Waals surface area (Å²) in [4.78, 5) is 11.0. The van der Waals surface area contributed by atoms with Crippen molar-refractivity contribution in [3.05, 3.63) is 29.8 Å². The summed E-state index contributed by atoms with van der Waals surface area (Å²) in [6, 6.07) is 6.38. The van der Waals surface area contributed by atoms with Gasteiger partial charge in [-0.15, -0.1) is 0 Å². The minimum atomic E-state index is -0.947. The standard InChI is InChI=1S/C27H46O5/c1-4-7-8-9-10-11-12-13-14-15-16-17-22-30-25(5-2)32-26(6-3)31-24-20-18-23(19-21-24)27(28)29/h18-21,25-26H,4-17,22H2,1-3H3,(H,28,29). The molecular weight excluding hydrogens is 404 g/mol. The van der Waals surface area contributed by atoms with Crippen LogP contribution in [0.2, 0.25) is 0 Å². The first-order valence-electron chi connectivity index (χ1n) is 12.9. The van der Waals surface area contributed by atoms with Gasteiger partial charge in [0.25, 0.3) is 0 Å². The van der Waals surface area contributed by atoms with E-state index in [9.17, 15) is 4.79 Å². The fourth-order valence-corrected chi connectivity index (χ4v) is 3.62. The van der Waals surface area contributed by atoms with E-state index in [0.717, 1.165) is 12.8 Å². The van der Waals surface area contributed by atoms with Gasteiger partial charge in [0, 0.05) is 13.0 Å². The van der Waals surface area contributed by atoms with E-state index < -0.39 is 12.3 Å². The third-order valence-electron chi connectivity index (χ3n) is 5.64. The lowest BCUT2D eigenvalue weighted by Gasteiger charge is -2.24. The van der Waals surface area contributed by atoms with Crippen LogP contribution in [0.4, 0.5) is 0 Å². The highest BCUT2D eigenvalue weighted by molar-refractivity contribution is 5.87. The molecule has 0 aromatic heterocycles. The van der Waals surface area contributed by atoms with Crippen molar-refractivity contribution in [3.8, 4) is 5.75 Å². The van der Waals surface area contributed by atoms with Crippen molar-refractivity contribution >= 4 is 5.97 Å². The Labute approximate surface area is 195 Å². The highest BCUT2D eigenvalue weighted by Gasteiger charge is 2.16. The highest BCUT2D eigenvalue weighted by Crippen LogP contribution is 2.18. The third-order valence-corrected chi connectivity index (χ3v) is 5.64. The maximum atomic E-state index is 11.0. The molecule has 0 saturated heterocycles. The second kappa shape index (κ2) is 18.9. The Morgan fingerprint density at radius 2 is 1.25 bits per heavy atom. The van der Waals surface area contributed by atoms with E-state index in [-0.39, 0.29) is 11.9 Å². The zero-order valence-corrected chi connectivity index (χ0v) is 20.7. The molecule has 0 fully saturated rings. The van der Waals surface area contributed by atoms with Crippen molar-refractivity contribution < 1.29 is 24.1 Å². The lowest BCUT2D eigenvalue weighted by molar-refractivity contribution is -0.220. The fourth-order valence-electron chi connectivity index (χ4n) is 3.62. The van der Waals surface area contributed by atoms with Crippen molar-refractivity contribution in [3.63, 3.8) is 0 Å². The summed E-state index contributed by atoms with van der Waals surface area (Å²) in [5.74, 6) is -0.352. The van der Waals surface area contributed by atoms with Gasteiger partial charge in [-0.05, 0) is 37.1 Å². The van der Waals surface area contributed by atoms with E-state index in [4.69, 9.17) is 19.3 Å². The van der Waals surface area contributed by atoms with Crippen LogP contribution in [0.1, 0.15) is 121 Å². The molecule has 2 atom stereocenters. The maximum Gasteiger partial charge on any atom is 0.335 e. The van der Waals surface area contributed by atoms with Crippen molar-refractivity contribution in [1.29, 1.82) is 0 Å². The zero-order valence-electron chi connectivity index (χ0n) is 20.7. The first kappa shape index (κ1) is 28.4. The third kappa shape index (κ3) is 13.7. The van der Waals surface area contributed by atoms with Crippen LogP contribution in [0.5, 0.6) is 5.75 Å². The molecule has 32 heavy (non-hydrogen) atoms. The van der Waals surface area contributed by atoms with Crippen molar-refractivity contribution in [2.45, 2.75) is 123 Å². The topological polar surface area (TPSA) is 65.0 Å². The van der Waals surface area contributed by atoms with Crippen molar-refractivity contribution in [1.82, 2.24) is 0 Å². The molecule has 0 aliphatic heterocycles. The van der Waals surface area contributed by atoms with Gasteiger partial charge in [0.05, 0.1) is 5.56 Å². The van der Waals surface area contributed by atoms with Gasteiger partial charge in [-0.1, -0.05) is 91.4 Å². The minimum absolute atomic E-state index is 0.239. The predicted molar refractivity (Wildman–Crippen MR) is 130 cm³/mol. The number of unbranched alkanes of at least 4 members (excludes halogenated alkanes) is 11. The Morgan fingerprint density at radius 3 is 1.72 bits per heavy atom. The molecule has 0 aliphatic carbocycles. The molecule has 184 valence electrons. The quantitative estimate of drug-likeness (QED) is 0.152. The van der Waals surface area contributed by atoms with Gasteiger partial charge < -0.3 is 19.3 Å². The molecule has 0 bridgehead atoms. The number of carboxylic acid groups (broad SMARTS) is 1. The largest absolute Gasteiger partial charge is 0.478 e. The van der Waals surface area contributed by atoms with Gasteiger partial charge in [0.1, 0.15) is 5.75 Å². The summed E-state index contributed by atoms with van der Waals surface area (Å²) < 4.78 is 17.8. The van der Waals surface area contributed by atoms with Crippen LogP contribution in [-0.4, -0.2) is 30.3 Å². The first-order valence-corrected chi connectivity index (χ1v) is 12.9. The summed E-state index contributed by atoms with van der Waals surface area (Å²) in [6.45, 7) is 7.01. The molecule has 5 heteroatoms. The Hall–Kier alpha value is -1.59. The van der Waals surface area contributed by atoms with E-state index in [2.05, 4.69) is 6.92 Å². The van der Waals surface area contributed by atoms with Gasteiger partial charge in [-0.3, -0.25) is 0 Å². The van der Waals surface area contributed by atoms with Crippen molar-refractivity contribution in [2.24, 2.45) is 0 Å². The number of benzene rings is 1. The van der Waals surface area contributed by atoms with Crippen LogP contribution in [0.3, 0.4) is 0 Å². The molecule has 0 aliphatic rings. The Balaban J connectivity index is 2.11. The molecule has 0 heterocycles. The number of hydrogen-bond acceptors (Lipinski definition) is 4. The van der Waals surface area contributed by atoms with E-state index in [1.807, 2.05) is 13.8 Å². The number of aromatic carboxylic acids is 1. The molecule has 0 spiro atoms.